The predicted molar refractivity (Wildman–Crippen MR) is 70.1 cm³/mol. The average molecular weight is 278 g/mol. The highest BCUT2D eigenvalue weighted by Crippen LogP contribution is 2.12. The SMILES string of the molecule is Cc1c(C(=O)NC(C)CO)nnn1-c1ccc(F)cc1. The van der Waals surface area contributed by atoms with Gasteiger partial charge in [-0.2, -0.15) is 0 Å². The van der Waals surface area contributed by atoms with Crippen LogP contribution in [0.15, 0.2) is 24.3 Å². The average Bonchev–Trinajstić information content (AvgIpc) is 2.81. The number of aliphatic hydroxyl groups is 1. The first-order valence-electron chi connectivity index (χ1n) is 6.13. The maximum Gasteiger partial charge on any atom is 0.274 e. The normalized spacial score (nSPS) is 12.2. The lowest BCUT2D eigenvalue weighted by Gasteiger charge is -2.09. The third kappa shape index (κ3) is 2.83. The van der Waals surface area contributed by atoms with Crippen LogP contribution in [0.2, 0.25) is 0 Å². The van der Waals surface area contributed by atoms with Crippen molar-refractivity contribution in [1.29, 1.82) is 0 Å². The van der Waals surface area contributed by atoms with Gasteiger partial charge in [0.15, 0.2) is 5.69 Å². The molecule has 0 saturated carbocycles. The third-order valence-electron chi connectivity index (χ3n) is 2.83. The van der Waals surface area contributed by atoms with Crippen molar-refractivity contribution in [3.8, 4) is 5.69 Å². The molecule has 0 aliphatic rings. The minimum atomic E-state index is -0.405. The number of aromatic nitrogens is 3. The van der Waals surface area contributed by atoms with Crippen LogP contribution >= 0.6 is 0 Å². The molecular formula is C13H15FN4O2. The van der Waals surface area contributed by atoms with E-state index in [2.05, 4.69) is 15.6 Å². The van der Waals surface area contributed by atoms with Gasteiger partial charge in [0, 0.05) is 6.04 Å². The molecule has 0 radical (unpaired) electrons. The lowest BCUT2D eigenvalue weighted by Crippen LogP contribution is -2.35. The Morgan fingerprint density at radius 1 is 1.45 bits per heavy atom. The molecule has 1 heterocycles. The lowest BCUT2D eigenvalue weighted by atomic mass is 10.2. The first-order chi connectivity index (χ1) is 9.52. The van der Waals surface area contributed by atoms with Gasteiger partial charge in [0.05, 0.1) is 18.0 Å². The summed E-state index contributed by atoms with van der Waals surface area (Å²) in [6.45, 7) is 3.22. The Balaban J connectivity index is 2.27. The molecule has 106 valence electrons. The van der Waals surface area contributed by atoms with Gasteiger partial charge in [-0.3, -0.25) is 4.79 Å². The minimum absolute atomic E-state index is 0.156. The Hall–Kier alpha value is -2.28. The summed E-state index contributed by atoms with van der Waals surface area (Å²) in [4.78, 5) is 11.9. The number of rotatable bonds is 4. The minimum Gasteiger partial charge on any atom is -0.394 e. The predicted octanol–water partition coefficient (Wildman–Crippen LogP) is 0.825. The number of halogens is 1. The van der Waals surface area contributed by atoms with Crippen molar-refractivity contribution in [2.75, 3.05) is 6.61 Å². The van der Waals surface area contributed by atoms with E-state index in [9.17, 15) is 9.18 Å². The van der Waals surface area contributed by atoms with E-state index in [1.165, 1.54) is 16.8 Å². The van der Waals surface area contributed by atoms with Gasteiger partial charge >= 0.3 is 0 Å². The van der Waals surface area contributed by atoms with E-state index in [4.69, 9.17) is 5.11 Å². The Bertz CT molecular complexity index is 609. The molecule has 0 saturated heterocycles. The quantitative estimate of drug-likeness (QED) is 0.868. The fourth-order valence-corrected chi connectivity index (χ4v) is 1.70. The van der Waals surface area contributed by atoms with Crippen LogP contribution in [0.5, 0.6) is 0 Å². The molecule has 1 aromatic heterocycles. The fraction of sp³-hybridized carbons (Fsp3) is 0.308. The second kappa shape index (κ2) is 5.79. The summed E-state index contributed by atoms with van der Waals surface area (Å²) in [5.41, 5.74) is 1.33. The monoisotopic (exact) mass is 278 g/mol. The number of benzene rings is 1. The number of hydrogen-bond donors (Lipinski definition) is 2. The third-order valence-corrected chi connectivity index (χ3v) is 2.83. The summed E-state index contributed by atoms with van der Waals surface area (Å²) in [6, 6.07) is 5.36. The molecule has 1 amide bonds. The van der Waals surface area contributed by atoms with E-state index in [1.807, 2.05) is 0 Å². The molecule has 0 fully saturated rings. The van der Waals surface area contributed by atoms with E-state index in [1.54, 1.807) is 26.0 Å². The Morgan fingerprint density at radius 2 is 2.10 bits per heavy atom. The number of nitrogens with zero attached hydrogens (tertiary/aromatic N) is 3. The zero-order valence-electron chi connectivity index (χ0n) is 11.2. The molecule has 7 heteroatoms. The topological polar surface area (TPSA) is 80.0 Å². The van der Waals surface area contributed by atoms with Gasteiger partial charge in [0.1, 0.15) is 5.82 Å². The molecule has 1 aromatic carbocycles. The van der Waals surface area contributed by atoms with Crippen LogP contribution in [0.4, 0.5) is 4.39 Å². The van der Waals surface area contributed by atoms with Gasteiger partial charge < -0.3 is 10.4 Å². The van der Waals surface area contributed by atoms with Crippen molar-refractivity contribution < 1.29 is 14.3 Å². The van der Waals surface area contributed by atoms with Crippen molar-refractivity contribution in [1.82, 2.24) is 20.3 Å². The summed E-state index contributed by atoms with van der Waals surface area (Å²) in [5.74, 6) is -0.751. The molecule has 0 spiro atoms. The molecule has 1 atom stereocenters. The van der Waals surface area contributed by atoms with E-state index < -0.39 is 5.91 Å². The smallest absolute Gasteiger partial charge is 0.274 e. The molecule has 6 nitrogen and oxygen atoms in total. The van der Waals surface area contributed by atoms with Crippen molar-refractivity contribution in [2.24, 2.45) is 0 Å². The first kappa shape index (κ1) is 14.1. The maximum atomic E-state index is 12.9. The fourth-order valence-electron chi connectivity index (χ4n) is 1.70. The highest BCUT2D eigenvalue weighted by atomic mass is 19.1. The standard InChI is InChI=1S/C13H15FN4O2/c1-8(7-19)15-13(20)12-9(2)18(17-16-12)11-5-3-10(14)4-6-11/h3-6,8,19H,7H2,1-2H3,(H,15,20). The first-order valence-corrected chi connectivity index (χ1v) is 6.13. The summed E-state index contributed by atoms with van der Waals surface area (Å²) >= 11 is 0. The Labute approximate surface area is 115 Å². The van der Waals surface area contributed by atoms with Crippen molar-refractivity contribution >= 4 is 5.91 Å². The second-order valence-electron chi connectivity index (χ2n) is 4.47. The van der Waals surface area contributed by atoms with Gasteiger partial charge in [-0.15, -0.1) is 5.10 Å². The number of amides is 1. The number of nitrogens with one attached hydrogen (secondary N) is 1. The summed E-state index contributed by atoms with van der Waals surface area (Å²) in [5, 5.41) is 19.2. The summed E-state index contributed by atoms with van der Waals surface area (Å²) < 4.78 is 14.3. The maximum absolute atomic E-state index is 12.9. The second-order valence-corrected chi connectivity index (χ2v) is 4.47. The van der Waals surface area contributed by atoms with Crippen molar-refractivity contribution in [3.05, 3.63) is 41.5 Å². The van der Waals surface area contributed by atoms with E-state index >= 15 is 0 Å². The van der Waals surface area contributed by atoms with Crippen LogP contribution in [0.25, 0.3) is 5.69 Å². The molecule has 20 heavy (non-hydrogen) atoms. The highest BCUT2D eigenvalue weighted by Gasteiger charge is 2.18. The van der Waals surface area contributed by atoms with E-state index in [0.717, 1.165) is 0 Å². The van der Waals surface area contributed by atoms with Crippen LogP contribution in [-0.2, 0) is 0 Å². The highest BCUT2D eigenvalue weighted by molar-refractivity contribution is 5.93. The van der Waals surface area contributed by atoms with Crippen LogP contribution in [0.1, 0.15) is 23.1 Å². The largest absolute Gasteiger partial charge is 0.394 e. The summed E-state index contributed by atoms with van der Waals surface area (Å²) in [7, 11) is 0. The molecular weight excluding hydrogens is 263 g/mol. The Morgan fingerprint density at radius 3 is 2.70 bits per heavy atom. The van der Waals surface area contributed by atoms with Crippen molar-refractivity contribution in [3.63, 3.8) is 0 Å². The molecule has 2 rings (SSSR count). The number of aliphatic hydroxyl groups excluding tert-OH is 1. The molecule has 0 aliphatic carbocycles. The number of hydrogen-bond acceptors (Lipinski definition) is 4. The van der Waals surface area contributed by atoms with Crippen LogP contribution in [0, 0.1) is 12.7 Å². The summed E-state index contributed by atoms with van der Waals surface area (Å²) in [6.07, 6.45) is 0. The zero-order valence-corrected chi connectivity index (χ0v) is 11.2. The van der Waals surface area contributed by atoms with E-state index in [-0.39, 0.29) is 24.2 Å². The van der Waals surface area contributed by atoms with Gasteiger partial charge in [-0.1, -0.05) is 5.21 Å². The van der Waals surface area contributed by atoms with Gasteiger partial charge in [0.25, 0.3) is 5.91 Å². The molecule has 2 N–H and O–H groups in total. The molecule has 0 bridgehead atoms. The molecule has 1 unspecified atom stereocenters. The van der Waals surface area contributed by atoms with Gasteiger partial charge in [0.2, 0.25) is 0 Å². The van der Waals surface area contributed by atoms with Gasteiger partial charge in [-0.25, -0.2) is 9.07 Å². The van der Waals surface area contributed by atoms with E-state index in [0.29, 0.717) is 11.4 Å². The van der Waals surface area contributed by atoms with Gasteiger partial charge in [-0.05, 0) is 38.1 Å². The molecule has 0 aliphatic heterocycles. The van der Waals surface area contributed by atoms with Crippen LogP contribution < -0.4 is 5.32 Å². The van der Waals surface area contributed by atoms with Crippen LogP contribution in [-0.4, -0.2) is 38.7 Å². The number of carbonyl (C=O) groups is 1. The molecule has 2 aromatic rings. The van der Waals surface area contributed by atoms with Crippen LogP contribution in [0.3, 0.4) is 0 Å². The number of carbonyl (C=O) groups excluding carboxylic acids is 1. The van der Waals surface area contributed by atoms with Crippen molar-refractivity contribution in [2.45, 2.75) is 19.9 Å². The Kier molecular flexibility index (Phi) is 4.09. The zero-order chi connectivity index (χ0) is 14.7. The lowest BCUT2D eigenvalue weighted by molar-refractivity contribution is 0.0916.